The molecule has 0 aliphatic heterocycles. The summed E-state index contributed by atoms with van der Waals surface area (Å²) in [4.78, 5) is 1.68. The van der Waals surface area contributed by atoms with Crippen molar-refractivity contribution in [2.75, 3.05) is 0 Å². The average Bonchev–Trinajstić information content (AvgIpc) is 2.33. The Hall–Kier alpha value is -0.680. The van der Waals surface area contributed by atoms with Crippen LogP contribution in [-0.2, 0) is 0 Å². The van der Waals surface area contributed by atoms with Crippen LogP contribution in [0.5, 0.6) is 0 Å². The van der Waals surface area contributed by atoms with Crippen LogP contribution in [0.3, 0.4) is 0 Å². The van der Waals surface area contributed by atoms with E-state index in [2.05, 4.69) is 15.9 Å². The molecule has 19 heavy (non-hydrogen) atoms. The molecule has 2 nitrogen and oxygen atoms in total. The Balaban J connectivity index is 2.46. The Bertz CT molecular complexity index is 647. The quantitative estimate of drug-likeness (QED) is 0.572. The van der Waals surface area contributed by atoms with Gasteiger partial charge in [0, 0.05) is 24.8 Å². The molecule has 0 aromatic heterocycles. The molecule has 0 fully saturated rings. The van der Waals surface area contributed by atoms with Crippen molar-refractivity contribution in [2.45, 2.75) is 9.79 Å². The third kappa shape index (κ3) is 3.45. The minimum Gasteiger partial charge on any atom is -0.384 e. The van der Waals surface area contributed by atoms with Crippen molar-refractivity contribution in [3.05, 3.63) is 56.5 Å². The molecule has 0 bridgehead atoms. The van der Waals surface area contributed by atoms with Gasteiger partial charge in [-0.3, -0.25) is 5.41 Å². The van der Waals surface area contributed by atoms with Crippen molar-refractivity contribution in [3.63, 3.8) is 0 Å². The van der Waals surface area contributed by atoms with Gasteiger partial charge in [0.05, 0.1) is 5.02 Å². The SMILES string of the molecule is N=C(N)c1c(Br)cccc1Sc1cc(Cl)ccc1Cl. The number of rotatable bonds is 3. The first-order valence-electron chi connectivity index (χ1n) is 5.25. The maximum absolute atomic E-state index is 7.65. The number of nitrogens with one attached hydrogen (secondary N) is 1. The maximum Gasteiger partial charge on any atom is 0.125 e. The van der Waals surface area contributed by atoms with Gasteiger partial charge in [-0.2, -0.15) is 0 Å². The Kier molecular flexibility index (Phi) is 4.79. The highest BCUT2D eigenvalue weighted by Crippen LogP contribution is 2.38. The average molecular weight is 376 g/mol. The summed E-state index contributed by atoms with van der Waals surface area (Å²) in [5, 5.41) is 8.89. The molecule has 0 unspecified atom stereocenters. The van der Waals surface area contributed by atoms with E-state index < -0.39 is 0 Å². The number of nitrogen functional groups attached to an aromatic ring is 1. The van der Waals surface area contributed by atoms with E-state index in [0.717, 1.165) is 14.3 Å². The summed E-state index contributed by atoms with van der Waals surface area (Å²) in [7, 11) is 0. The first-order chi connectivity index (χ1) is 8.99. The first-order valence-corrected chi connectivity index (χ1v) is 7.61. The number of amidine groups is 1. The van der Waals surface area contributed by atoms with Gasteiger partial charge in [-0.1, -0.05) is 41.0 Å². The smallest absolute Gasteiger partial charge is 0.125 e. The van der Waals surface area contributed by atoms with Crippen molar-refractivity contribution in [1.82, 2.24) is 0 Å². The molecule has 2 aromatic carbocycles. The summed E-state index contributed by atoms with van der Waals surface area (Å²) < 4.78 is 0.781. The van der Waals surface area contributed by atoms with E-state index in [0.29, 0.717) is 15.6 Å². The molecule has 0 atom stereocenters. The lowest BCUT2D eigenvalue weighted by molar-refractivity contribution is 1.31. The number of hydrogen-bond donors (Lipinski definition) is 2. The largest absolute Gasteiger partial charge is 0.384 e. The Morgan fingerprint density at radius 2 is 1.89 bits per heavy atom. The summed E-state index contributed by atoms with van der Waals surface area (Å²) in [5.41, 5.74) is 6.27. The van der Waals surface area contributed by atoms with Gasteiger partial charge in [-0.25, -0.2) is 0 Å². The standard InChI is InChI=1S/C13H9BrCl2N2S/c14-8-2-1-3-10(12(8)13(17)18)19-11-6-7(15)4-5-9(11)16/h1-6H,(H3,17,18). The molecule has 0 radical (unpaired) electrons. The van der Waals surface area contributed by atoms with Crippen LogP contribution < -0.4 is 5.73 Å². The monoisotopic (exact) mass is 374 g/mol. The van der Waals surface area contributed by atoms with Gasteiger partial charge in [0.2, 0.25) is 0 Å². The van der Waals surface area contributed by atoms with Crippen LogP contribution in [-0.4, -0.2) is 5.84 Å². The topological polar surface area (TPSA) is 49.9 Å². The van der Waals surface area contributed by atoms with Crippen molar-refractivity contribution >= 4 is 56.7 Å². The maximum atomic E-state index is 7.65. The second kappa shape index (κ2) is 6.18. The summed E-state index contributed by atoms with van der Waals surface area (Å²) in [6, 6.07) is 10.9. The van der Waals surface area contributed by atoms with Crippen LogP contribution in [0.15, 0.2) is 50.7 Å². The lowest BCUT2D eigenvalue weighted by Gasteiger charge is -2.11. The van der Waals surface area contributed by atoms with Gasteiger partial charge < -0.3 is 5.73 Å². The lowest BCUT2D eigenvalue weighted by Crippen LogP contribution is -2.13. The van der Waals surface area contributed by atoms with Crippen molar-refractivity contribution in [2.24, 2.45) is 5.73 Å². The van der Waals surface area contributed by atoms with Gasteiger partial charge in [0.25, 0.3) is 0 Å². The summed E-state index contributed by atoms with van der Waals surface area (Å²) >= 11 is 16.9. The third-order valence-electron chi connectivity index (χ3n) is 2.36. The third-order valence-corrected chi connectivity index (χ3v) is 4.81. The molecular formula is C13H9BrCl2N2S. The summed E-state index contributed by atoms with van der Waals surface area (Å²) in [6.45, 7) is 0. The van der Waals surface area contributed by atoms with Gasteiger partial charge >= 0.3 is 0 Å². The van der Waals surface area contributed by atoms with Crippen molar-refractivity contribution in [3.8, 4) is 0 Å². The molecule has 0 heterocycles. The Labute approximate surface area is 133 Å². The van der Waals surface area contributed by atoms with E-state index >= 15 is 0 Å². The Morgan fingerprint density at radius 1 is 1.16 bits per heavy atom. The molecule has 0 amide bonds. The van der Waals surface area contributed by atoms with Crippen molar-refractivity contribution in [1.29, 1.82) is 5.41 Å². The highest BCUT2D eigenvalue weighted by atomic mass is 79.9. The molecular weight excluding hydrogens is 367 g/mol. The lowest BCUT2D eigenvalue weighted by atomic mass is 10.2. The molecule has 0 aliphatic rings. The van der Waals surface area contributed by atoms with Gasteiger partial charge in [0.15, 0.2) is 0 Å². The minimum atomic E-state index is 0.00752. The normalized spacial score (nSPS) is 10.5. The molecule has 2 aromatic rings. The summed E-state index contributed by atoms with van der Waals surface area (Å²) in [5.74, 6) is 0.00752. The summed E-state index contributed by atoms with van der Waals surface area (Å²) in [6.07, 6.45) is 0. The second-order valence-electron chi connectivity index (χ2n) is 3.70. The van der Waals surface area contributed by atoms with E-state index in [1.54, 1.807) is 18.2 Å². The fraction of sp³-hybridized carbons (Fsp3) is 0. The van der Waals surface area contributed by atoms with Gasteiger partial charge in [0.1, 0.15) is 5.84 Å². The zero-order valence-corrected chi connectivity index (χ0v) is 13.5. The van der Waals surface area contributed by atoms with E-state index in [1.807, 2.05) is 18.2 Å². The number of benzene rings is 2. The first kappa shape index (κ1) is 14.7. The van der Waals surface area contributed by atoms with Crippen molar-refractivity contribution < 1.29 is 0 Å². The van der Waals surface area contributed by atoms with E-state index in [4.69, 9.17) is 34.3 Å². The zero-order chi connectivity index (χ0) is 14.0. The van der Waals surface area contributed by atoms with Crippen LogP contribution in [0, 0.1) is 5.41 Å². The highest BCUT2D eigenvalue weighted by Gasteiger charge is 2.12. The second-order valence-corrected chi connectivity index (χ2v) is 6.49. The molecule has 3 N–H and O–H groups in total. The fourth-order valence-electron chi connectivity index (χ4n) is 1.52. The molecule has 98 valence electrons. The predicted molar refractivity (Wildman–Crippen MR) is 85.7 cm³/mol. The number of halogens is 3. The fourth-order valence-corrected chi connectivity index (χ4v) is 3.76. The Morgan fingerprint density at radius 3 is 2.58 bits per heavy atom. The molecule has 2 rings (SSSR count). The van der Waals surface area contributed by atoms with E-state index in [1.165, 1.54) is 11.8 Å². The van der Waals surface area contributed by atoms with Crippen LogP contribution in [0.1, 0.15) is 5.56 Å². The highest BCUT2D eigenvalue weighted by molar-refractivity contribution is 9.10. The molecule has 0 saturated heterocycles. The molecule has 0 spiro atoms. The predicted octanol–water partition coefficient (Wildman–Crippen LogP) is 5.19. The number of hydrogen-bond acceptors (Lipinski definition) is 2. The van der Waals surface area contributed by atoms with E-state index in [-0.39, 0.29) is 5.84 Å². The molecule has 6 heteroatoms. The van der Waals surface area contributed by atoms with Gasteiger partial charge in [-0.15, -0.1) is 0 Å². The van der Waals surface area contributed by atoms with Crippen LogP contribution >= 0.6 is 50.9 Å². The van der Waals surface area contributed by atoms with E-state index in [9.17, 15) is 0 Å². The van der Waals surface area contributed by atoms with Crippen LogP contribution in [0.2, 0.25) is 10.0 Å². The van der Waals surface area contributed by atoms with Crippen LogP contribution in [0.4, 0.5) is 0 Å². The number of nitrogens with two attached hydrogens (primary N) is 1. The molecule has 0 saturated carbocycles. The van der Waals surface area contributed by atoms with Crippen LogP contribution in [0.25, 0.3) is 0 Å². The minimum absolute atomic E-state index is 0.00752. The zero-order valence-electron chi connectivity index (χ0n) is 9.58. The molecule has 0 aliphatic carbocycles. The van der Waals surface area contributed by atoms with Gasteiger partial charge in [-0.05, 0) is 46.3 Å².